The summed E-state index contributed by atoms with van der Waals surface area (Å²) in [6.45, 7) is 3.45. The van der Waals surface area contributed by atoms with Crippen LogP contribution >= 0.6 is 0 Å². The van der Waals surface area contributed by atoms with Crippen molar-refractivity contribution in [1.29, 1.82) is 0 Å². The molecule has 1 aromatic heterocycles. The molecule has 2 aliphatic rings. The Morgan fingerprint density at radius 2 is 2.00 bits per heavy atom. The molecule has 28 heavy (non-hydrogen) atoms. The number of hydrogen-bond acceptors (Lipinski definition) is 5. The van der Waals surface area contributed by atoms with Crippen LogP contribution in [0.1, 0.15) is 47.3 Å². The summed E-state index contributed by atoms with van der Waals surface area (Å²) >= 11 is 0. The van der Waals surface area contributed by atoms with Crippen LogP contribution in [0.2, 0.25) is 0 Å². The molecule has 1 fully saturated rings. The zero-order chi connectivity index (χ0) is 20.2. The fraction of sp³-hybridized carbons (Fsp3) is 0.300. The quantitative estimate of drug-likeness (QED) is 0.774. The third-order valence-corrected chi connectivity index (χ3v) is 5.39. The van der Waals surface area contributed by atoms with Crippen LogP contribution in [0.4, 0.5) is 10.2 Å². The summed E-state index contributed by atoms with van der Waals surface area (Å²) in [5.74, 6) is -1.74. The number of amides is 3. The number of nitrogens with zero attached hydrogens (tertiary/aromatic N) is 2. The molecule has 3 N–H and O–H groups in total. The molecule has 2 unspecified atom stereocenters. The van der Waals surface area contributed by atoms with Gasteiger partial charge in [0.25, 0.3) is 5.91 Å². The number of nitrogens with two attached hydrogens (primary N) is 1. The first-order chi connectivity index (χ1) is 13.3. The number of fused-ring (bicyclic) bond motifs is 1. The highest BCUT2D eigenvalue weighted by Crippen LogP contribution is 2.38. The van der Waals surface area contributed by atoms with E-state index in [2.05, 4.69) is 10.3 Å². The molecule has 7 nitrogen and oxygen atoms in total. The lowest BCUT2D eigenvalue weighted by atomic mass is 9.99. The number of aryl methyl sites for hydroxylation is 1. The minimum Gasteiger partial charge on any atom is -0.381 e. The highest BCUT2D eigenvalue weighted by atomic mass is 19.1. The maximum atomic E-state index is 13.8. The normalized spacial score (nSPS) is 21.7. The fourth-order valence-electron chi connectivity index (χ4n) is 3.92. The maximum absolute atomic E-state index is 13.8. The number of nitrogens with one attached hydrogen (secondary N) is 1. The molecule has 3 amide bonds. The van der Waals surface area contributed by atoms with Gasteiger partial charge >= 0.3 is 0 Å². The summed E-state index contributed by atoms with van der Waals surface area (Å²) in [4.78, 5) is 42.2. The number of anilines is 1. The van der Waals surface area contributed by atoms with Gasteiger partial charge in [-0.2, -0.15) is 0 Å². The number of aromatic nitrogens is 1. The van der Waals surface area contributed by atoms with Crippen LogP contribution in [-0.4, -0.2) is 33.6 Å². The molecular formula is C20H19FN4O3. The largest absolute Gasteiger partial charge is 0.381 e. The smallest absolute Gasteiger partial charge is 0.255 e. The average molecular weight is 382 g/mol. The predicted octanol–water partition coefficient (Wildman–Crippen LogP) is 2.10. The van der Waals surface area contributed by atoms with E-state index in [4.69, 9.17) is 5.73 Å². The minimum atomic E-state index is -0.683. The first kappa shape index (κ1) is 18.1. The van der Waals surface area contributed by atoms with E-state index in [1.807, 2.05) is 13.0 Å². The number of carbonyl (C=O) groups excluding carboxylic acids is 3. The second-order valence-electron chi connectivity index (χ2n) is 7.18. The zero-order valence-corrected chi connectivity index (χ0v) is 15.5. The second-order valence-corrected chi connectivity index (χ2v) is 7.18. The molecule has 144 valence electrons. The van der Waals surface area contributed by atoms with Gasteiger partial charge in [0.05, 0.1) is 11.7 Å². The van der Waals surface area contributed by atoms with Gasteiger partial charge in [-0.25, -0.2) is 9.37 Å². The molecule has 0 saturated carbocycles. The Kier molecular flexibility index (Phi) is 4.14. The van der Waals surface area contributed by atoms with E-state index in [-0.39, 0.29) is 30.1 Å². The summed E-state index contributed by atoms with van der Waals surface area (Å²) in [7, 11) is 0. The van der Waals surface area contributed by atoms with Gasteiger partial charge in [0.2, 0.25) is 11.8 Å². The molecule has 0 aliphatic carbocycles. The van der Waals surface area contributed by atoms with E-state index in [1.165, 1.54) is 4.90 Å². The number of nitrogen functional groups attached to an aromatic ring is 1. The molecule has 4 rings (SSSR count). The van der Waals surface area contributed by atoms with E-state index in [9.17, 15) is 18.8 Å². The third kappa shape index (κ3) is 2.72. The number of pyridine rings is 1. The van der Waals surface area contributed by atoms with Crippen LogP contribution in [0.3, 0.4) is 0 Å². The summed E-state index contributed by atoms with van der Waals surface area (Å²) in [6, 6.07) is 5.82. The summed E-state index contributed by atoms with van der Waals surface area (Å²) in [5, 5.41) is 2.30. The van der Waals surface area contributed by atoms with E-state index in [0.717, 1.165) is 5.56 Å². The van der Waals surface area contributed by atoms with Gasteiger partial charge in [-0.1, -0.05) is 6.07 Å². The third-order valence-electron chi connectivity index (χ3n) is 5.39. The number of piperidine rings is 1. The predicted molar refractivity (Wildman–Crippen MR) is 99.5 cm³/mol. The molecule has 2 aromatic rings. The lowest BCUT2D eigenvalue weighted by Crippen LogP contribution is -2.53. The van der Waals surface area contributed by atoms with Crippen molar-refractivity contribution in [2.75, 3.05) is 5.73 Å². The molecule has 1 saturated heterocycles. The van der Waals surface area contributed by atoms with Gasteiger partial charge in [-0.05, 0) is 49.6 Å². The lowest BCUT2D eigenvalue weighted by molar-refractivity contribution is -0.137. The van der Waals surface area contributed by atoms with Gasteiger partial charge in [-0.3, -0.25) is 19.7 Å². The highest BCUT2D eigenvalue weighted by molar-refractivity contribution is 6.06. The Balaban J connectivity index is 1.71. The van der Waals surface area contributed by atoms with Crippen molar-refractivity contribution in [3.63, 3.8) is 0 Å². The van der Waals surface area contributed by atoms with Crippen molar-refractivity contribution >= 4 is 23.5 Å². The van der Waals surface area contributed by atoms with E-state index in [0.29, 0.717) is 28.8 Å². The standard InChI is InChI=1S/C20H19FN4O3/c1-9-7-14(23-18(22)17(9)21)11-3-4-12-13(8-11)10(2)25(20(12)28)15-5-6-16(26)24-19(15)27/h3-4,7-8,10,15H,5-6H2,1-2H3,(H2,22,23)(H,24,26,27). The van der Waals surface area contributed by atoms with Crippen molar-refractivity contribution in [3.8, 4) is 11.3 Å². The van der Waals surface area contributed by atoms with Crippen LogP contribution in [0.5, 0.6) is 0 Å². The molecule has 8 heteroatoms. The van der Waals surface area contributed by atoms with Gasteiger partial charge < -0.3 is 10.6 Å². The number of rotatable bonds is 2. The molecular weight excluding hydrogens is 363 g/mol. The van der Waals surface area contributed by atoms with Crippen molar-refractivity contribution in [1.82, 2.24) is 15.2 Å². The van der Waals surface area contributed by atoms with Crippen LogP contribution < -0.4 is 11.1 Å². The molecule has 0 spiro atoms. The minimum absolute atomic E-state index is 0.176. The fourth-order valence-corrected chi connectivity index (χ4v) is 3.92. The molecule has 2 aliphatic heterocycles. The van der Waals surface area contributed by atoms with Crippen molar-refractivity contribution < 1.29 is 18.8 Å². The molecule has 2 atom stereocenters. The Morgan fingerprint density at radius 1 is 1.25 bits per heavy atom. The average Bonchev–Trinajstić information content (AvgIpc) is 2.90. The van der Waals surface area contributed by atoms with Crippen molar-refractivity contribution in [2.45, 2.75) is 38.8 Å². The SMILES string of the molecule is Cc1cc(-c2ccc3c(c2)C(C)N(C2CCC(=O)NC2=O)C3=O)nc(N)c1F. The molecule has 0 bridgehead atoms. The lowest BCUT2D eigenvalue weighted by Gasteiger charge is -2.32. The first-order valence-corrected chi connectivity index (χ1v) is 9.01. The van der Waals surface area contributed by atoms with Gasteiger partial charge in [-0.15, -0.1) is 0 Å². The first-order valence-electron chi connectivity index (χ1n) is 9.01. The van der Waals surface area contributed by atoms with Gasteiger partial charge in [0.15, 0.2) is 11.6 Å². The monoisotopic (exact) mass is 382 g/mol. The summed E-state index contributed by atoms with van der Waals surface area (Å²) in [6.07, 6.45) is 0.503. The van der Waals surface area contributed by atoms with E-state index in [1.54, 1.807) is 25.1 Å². The van der Waals surface area contributed by atoms with Crippen molar-refractivity contribution in [2.24, 2.45) is 0 Å². The van der Waals surface area contributed by atoms with Crippen LogP contribution in [0.25, 0.3) is 11.3 Å². The highest BCUT2D eigenvalue weighted by Gasteiger charge is 2.43. The number of hydrogen-bond donors (Lipinski definition) is 2. The molecule has 0 radical (unpaired) electrons. The number of carbonyl (C=O) groups is 3. The molecule has 3 heterocycles. The Bertz CT molecular complexity index is 1010. The molecule has 1 aromatic carbocycles. The number of imide groups is 1. The Labute approximate surface area is 160 Å². The zero-order valence-electron chi connectivity index (χ0n) is 15.5. The summed E-state index contributed by atoms with van der Waals surface area (Å²) < 4.78 is 13.8. The van der Waals surface area contributed by atoms with Crippen LogP contribution in [0, 0.1) is 12.7 Å². The number of benzene rings is 1. The second kappa shape index (κ2) is 6.40. The van der Waals surface area contributed by atoms with Crippen LogP contribution in [0.15, 0.2) is 24.3 Å². The van der Waals surface area contributed by atoms with E-state index >= 15 is 0 Å². The van der Waals surface area contributed by atoms with Crippen LogP contribution in [-0.2, 0) is 9.59 Å². The summed E-state index contributed by atoms with van der Waals surface area (Å²) in [5.41, 5.74) is 8.52. The van der Waals surface area contributed by atoms with Crippen molar-refractivity contribution in [3.05, 3.63) is 46.8 Å². The Morgan fingerprint density at radius 3 is 2.68 bits per heavy atom. The topological polar surface area (TPSA) is 105 Å². The van der Waals surface area contributed by atoms with Gasteiger partial charge in [0, 0.05) is 17.5 Å². The van der Waals surface area contributed by atoms with Gasteiger partial charge in [0.1, 0.15) is 6.04 Å². The number of halogens is 1. The maximum Gasteiger partial charge on any atom is 0.255 e. The van der Waals surface area contributed by atoms with E-state index < -0.39 is 17.8 Å². The Hall–Kier alpha value is -3.29.